The van der Waals surface area contributed by atoms with Crippen LogP contribution in [0.1, 0.15) is 21.5 Å². The first-order chi connectivity index (χ1) is 9.90. The van der Waals surface area contributed by atoms with Gasteiger partial charge >= 0.3 is 0 Å². The van der Waals surface area contributed by atoms with Crippen LogP contribution in [0, 0.1) is 6.92 Å². The maximum absolute atomic E-state index is 12.2. The highest BCUT2D eigenvalue weighted by molar-refractivity contribution is 7.80. The molecule has 0 bridgehead atoms. The van der Waals surface area contributed by atoms with Gasteiger partial charge in [0.05, 0.1) is 5.69 Å². The second-order valence-electron chi connectivity index (χ2n) is 4.52. The third-order valence-electron chi connectivity index (χ3n) is 3.00. The van der Waals surface area contributed by atoms with E-state index in [1.807, 2.05) is 13.0 Å². The van der Waals surface area contributed by atoms with Crippen LogP contribution in [0.4, 0.5) is 5.69 Å². The van der Waals surface area contributed by atoms with Crippen molar-refractivity contribution in [2.75, 3.05) is 5.32 Å². The minimum Gasteiger partial charge on any atom is -0.504 e. The lowest BCUT2D eigenvalue weighted by Crippen LogP contribution is -2.18. The Kier molecular flexibility index (Phi) is 4.09. The summed E-state index contributed by atoms with van der Waals surface area (Å²) in [6, 6.07) is 9.15. The normalized spacial score (nSPS) is 10.1. The minimum absolute atomic E-state index is 0.192. The zero-order valence-corrected chi connectivity index (χ0v) is 12.1. The quantitative estimate of drug-likeness (QED) is 0.515. The van der Waals surface area contributed by atoms with Crippen LogP contribution in [-0.2, 0) is 0 Å². The van der Waals surface area contributed by atoms with Gasteiger partial charge in [-0.15, -0.1) is 0 Å². The number of carbonyl (C=O) groups excluding carboxylic acids is 1. The molecule has 0 radical (unpaired) electrons. The molecule has 6 heteroatoms. The van der Waals surface area contributed by atoms with Crippen LogP contribution in [0.3, 0.4) is 0 Å². The van der Waals surface area contributed by atoms with Crippen LogP contribution >= 0.6 is 12.2 Å². The number of phenols is 2. The van der Waals surface area contributed by atoms with Crippen molar-refractivity contribution in [2.45, 2.75) is 6.92 Å². The standard InChI is InChI=1S/C15H14N2O3S/c1-8-3-2-4-10(13(8)14(16)21)17-15(20)9-5-6-11(18)12(19)7-9/h2-7,18-19H,1H3,(H2,16,21)(H,17,20). The molecule has 0 atom stereocenters. The zero-order chi connectivity index (χ0) is 15.6. The molecule has 0 spiro atoms. The second-order valence-corrected chi connectivity index (χ2v) is 4.96. The highest BCUT2D eigenvalue weighted by Crippen LogP contribution is 2.26. The Morgan fingerprint density at radius 3 is 2.52 bits per heavy atom. The fourth-order valence-corrected chi connectivity index (χ4v) is 2.23. The summed E-state index contributed by atoms with van der Waals surface area (Å²) in [6.45, 7) is 1.84. The largest absolute Gasteiger partial charge is 0.504 e. The molecule has 1 amide bonds. The number of aromatic hydroxyl groups is 2. The van der Waals surface area contributed by atoms with Gasteiger partial charge in [-0.2, -0.15) is 0 Å². The minimum atomic E-state index is -0.437. The van der Waals surface area contributed by atoms with Crippen molar-refractivity contribution in [3.63, 3.8) is 0 Å². The number of hydrogen-bond donors (Lipinski definition) is 4. The summed E-state index contributed by atoms with van der Waals surface area (Å²) in [7, 11) is 0. The van der Waals surface area contributed by atoms with Gasteiger partial charge < -0.3 is 21.3 Å². The number of nitrogens with two attached hydrogens (primary N) is 1. The number of rotatable bonds is 3. The van der Waals surface area contributed by atoms with Crippen LogP contribution in [0.2, 0.25) is 0 Å². The molecular formula is C15H14N2O3S. The highest BCUT2D eigenvalue weighted by atomic mass is 32.1. The molecule has 0 saturated carbocycles. The summed E-state index contributed by atoms with van der Waals surface area (Å²) in [6.07, 6.45) is 0. The van der Waals surface area contributed by atoms with Gasteiger partial charge in [0.2, 0.25) is 0 Å². The van der Waals surface area contributed by atoms with Crippen molar-refractivity contribution < 1.29 is 15.0 Å². The van der Waals surface area contributed by atoms with Crippen molar-refractivity contribution in [1.82, 2.24) is 0 Å². The molecule has 0 aliphatic rings. The van der Waals surface area contributed by atoms with E-state index in [1.165, 1.54) is 18.2 Å². The number of nitrogens with one attached hydrogen (secondary N) is 1. The molecule has 0 saturated heterocycles. The lowest BCUT2D eigenvalue weighted by Gasteiger charge is -2.12. The summed E-state index contributed by atoms with van der Waals surface area (Å²) in [4.78, 5) is 12.4. The average molecular weight is 302 g/mol. The van der Waals surface area contributed by atoms with Gasteiger partial charge in [0.1, 0.15) is 4.99 Å². The topological polar surface area (TPSA) is 95.6 Å². The summed E-state index contributed by atoms with van der Waals surface area (Å²) in [5.41, 5.74) is 7.85. The molecule has 108 valence electrons. The average Bonchev–Trinajstić information content (AvgIpc) is 2.41. The van der Waals surface area contributed by atoms with Gasteiger partial charge in [-0.05, 0) is 36.8 Å². The number of benzene rings is 2. The molecule has 0 unspecified atom stereocenters. The Hall–Kier alpha value is -2.60. The van der Waals surface area contributed by atoms with E-state index in [-0.39, 0.29) is 22.1 Å². The van der Waals surface area contributed by atoms with E-state index in [9.17, 15) is 15.0 Å². The molecule has 2 aromatic rings. The van der Waals surface area contributed by atoms with Gasteiger partial charge in [-0.3, -0.25) is 4.79 Å². The van der Waals surface area contributed by atoms with E-state index in [2.05, 4.69) is 5.32 Å². The molecule has 2 aromatic carbocycles. The zero-order valence-electron chi connectivity index (χ0n) is 11.3. The molecule has 0 aromatic heterocycles. The molecule has 0 aliphatic heterocycles. The Labute approximate surface area is 127 Å². The lowest BCUT2D eigenvalue weighted by molar-refractivity contribution is 0.102. The van der Waals surface area contributed by atoms with E-state index in [0.717, 1.165) is 5.56 Å². The van der Waals surface area contributed by atoms with Crippen LogP contribution in [0.5, 0.6) is 11.5 Å². The highest BCUT2D eigenvalue weighted by Gasteiger charge is 2.13. The van der Waals surface area contributed by atoms with E-state index < -0.39 is 5.91 Å². The number of phenolic OH excluding ortho intramolecular Hbond substituents is 2. The lowest BCUT2D eigenvalue weighted by atomic mass is 10.1. The second kappa shape index (κ2) is 5.80. The predicted molar refractivity (Wildman–Crippen MR) is 84.8 cm³/mol. The molecule has 0 heterocycles. The summed E-state index contributed by atoms with van der Waals surface area (Å²) < 4.78 is 0. The maximum atomic E-state index is 12.2. The monoisotopic (exact) mass is 302 g/mol. The first-order valence-electron chi connectivity index (χ1n) is 6.13. The molecule has 0 aliphatic carbocycles. The van der Waals surface area contributed by atoms with Gasteiger partial charge in [0, 0.05) is 11.1 Å². The van der Waals surface area contributed by atoms with Gasteiger partial charge in [0.15, 0.2) is 11.5 Å². The number of aryl methyl sites for hydroxylation is 1. The third kappa shape index (κ3) is 3.11. The number of amides is 1. The third-order valence-corrected chi connectivity index (χ3v) is 3.21. The Bertz CT molecular complexity index is 729. The molecule has 0 fully saturated rings. The van der Waals surface area contributed by atoms with E-state index >= 15 is 0 Å². The molecule has 21 heavy (non-hydrogen) atoms. The smallest absolute Gasteiger partial charge is 0.255 e. The fraction of sp³-hybridized carbons (Fsp3) is 0.0667. The Morgan fingerprint density at radius 1 is 1.19 bits per heavy atom. The summed E-state index contributed by atoms with van der Waals surface area (Å²) >= 11 is 5.00. The summed E-state index contributed by atoms with van der Waals surface area (Å²) in [5.74, 6) is -1.08. The van der Waals surface area contributed by atoms with Crippen molar-refractivity contribution in [3.05, 3.63) is 53.1 Å². The van der Waals surface area contributed by atoms with E-state index in [1.54, 1.807) is 12.1 Å². The molecular weight excluding hydrogens is 288 g/mol. The molecule has 5 N–H and O–H groups in total. The van der Waals surface area contributed by atoms with Crippen molar-refractivity contribution in [2.24, 2.45) is 5.73 Å². The molecule has 2 rings (SSSR count). The van der Waals surface area contributed by atoms with Gasteiger partial charge in [-0.1, -0.05) is 24.4 Å². The first-order valence-corrected chi connectivity index (χ1v) is 6.53. The van der Waals surface area contributed by atoms with Gasteiger partial charge in [0.25, 0.3) is 5.91 Å². The van der Waals surface area contributed by atoms with Gasteiger partial charge in [-0.25, -0.2) is 0 Å². The maximum Gasteiger partial charge on any atom is 0.255 e. The first kappa shape index (κ1) is 14.8. The van der Waals surface area contributed by atoms with E-state index in [4.69, 9.17) is 18.0 Å². The number of thiocarbonyl (C=S) groups is 1. The number of hydrogen-bond acceptors (Lipinski definition) is 4. The van der Waals surface area contributed by atoms with Crippen molar-refractivity contribution in [3.8, 4) is 11.5 Å². The van der Waals surface area contributed by atoms with Crippen LogP contribution in [-0.4, -0.2) is 21.1 Å². The van der Waals surface area contributed by atoms with Crippen molar-refractivity contribution in [1.29, 1.82) is 0 Å². The summed E-state index contributed by atoms with van der Waals surface area (Å²) in [5, 5.41) is 21.4. The Balaban J connectivity index is 2.34. The van der Waals surface area contributed by atoms with E-state index in [0.29, 0.717) is 11.3 Å². The van der Waals surface area contributed by atoms with Crippen LogP contribution in [0.25, 0.3) is 0 Å². The predicted octanol–water partition coefficient (Wildman–Crippen LogP) is 2.29. The number of carbonyl (C=O) groups is 1. The number of anilines is 1. The fourth-order valence-electron chi connectivity index (χ4n) is 1.96. The van der Waals surface area contributed by atoms with Crippen LogP contribution < -0.4 is 11.1 Å². The van der Waals surface area contributed by atoms with Crippen LogP contribution in [0.15, 0.2) is 36.4 Å². The van der Waals surface area contributed by atoms with Crippen molar-refractivity contribution >= 4 is 28.8 Å². The Morgan fingerprint density at radius 2 is 1.90 bits per heavy atom. The molecule has 5 nitrogen and oxygen atoms in total. The SMILES string of the molecule is Cc1cccc(NC(=O)c2ccc(O)c(O)c2)c1C(N)=S.